The Morgan fingerprint density at radius 2 is 1.85 bits per heavy atom. The Bertz CT molecular complexity index is 1150. The van der Waals surface area contributed by atoms with Crippen molar-refractivity contribution in [2.75, 3.05) is 0 Å². The molecular weight excluding hydrogens is 350 g/mol. The highest BCUT2D eigenvalue weighted by Crippen LogP contribution is 2.36. The van der Waals surface area contributed by atoms with Crippen molar-refractivity contribution in [3.8, 4) is 22.5 Å². The van der Waals surface area contributed by atoms with E-state index < -0.39 is 4.92 Å². The Kier molecular flexibility index (Phi) is 3.85. The lowest BCUT2D eigenvalue weighted by Crippen LogP contribution is -1.95. The van der Waals surface area contributed by atoms with Gasteiger partial charge in [-0.3, -0.25) is 19.3 Å². The van der Waals surface area contributed by atoms with E-state index in [4.69, 9.17) is 0 Å². The number of non-ortho nitro benzene ring substituents is 1. The van der Waals surface area contributed by atoms with Crippen molar-refractivity contribution in [1.82, 2.24) is 9.38 Å². The summed E-state index contributed by atoms with van der Waals surface area (Å²) in [6.45, 7) is 1.99. The number of nitro groups is 1. The van der Waals surface area contributed by atoms with Crippen LogP contribution in [0.15, 0.2) is 54.6 Å². The Morgan fingerprint density at radius 1 is 1.12 bits per heavy atom. The number of thiazole rings is 1. The Hall–Kier alpha value is -3.32. The number of fused-ring (bicyclic) bond motifs is 1. The van der Waals surface area contributed by atoms with Gasteiger partial charge < -0.3 is 0 Å². The molecule has 128 valence electrons. The van der Waals surface area contributed by atoms with E-state index >= 15 is 0 Å². The molecule has 4 aromatic rings. The molecular formula is C19H13N3O3S. The van der Waals surface area contributed by atoms with Gasteiger partial charge in [0, 0.05) is 22.6 Å². The summed E-state index contributed by atoms with van der Waals surface area (Å²) in [7, 11) is 0. The van der Waals surface area contributed by atoms with Gasteiger partial charge in [0.2, 0.25) is 0 Å². The van der Waals surface area contributed by atoms with Crippen molar-refractivity contribution in [2.45, 2.75) is 6.92 Å². The van der Waals surface area contributed by atoms with Crippen molar-refractivity contribution < 1.29 is 9.72 Å². The molecule has 26 heavy (non-hydrogen) atoms. The fourth-order valence-electron chi connectivity index (χ4n) is 3.06. The van der Waals surface area contributed by atoms with Gasteiger partial charge in [-0.25, -0.2) is 4.98 Å². The van der Waals surface area contributed by atoms with Crippen LogP contribution in [0.4, 0.5) is 5.69 Å². The first kappa shape index (κ1) is 16.2. The van der Waals surface area contributed by atoms with Gasteiger partial charge in [-0.1, -0.05) is 42.5 Å². The van der Waals surface area contributed by atoms with Gasteiger partial charge in [0.1, 0.15) is 11.4 Å². The quantitative estimate of drug-likeness (QED) is 0.297. The van der Waals surface area contributed by atoms with E-state index in [0.29, 0.717) is 21.9 Å². The fraction of sp³-hybridized carbons (Fsp3) is 0.0526. The SMILES string of the molecule is Cc1sc2nc(-c3cccc([N+](=O)[O-])c3)c(C=O)n2c1-c1ccccc1. The first-order chi connectivity index (χ1) is 12.6. The van der Waals surface area contributed by atoms with Gasteiger partial charge in [0.25, 0.3) is 5.69 Å². The molecule has 4 rings (SSSR count). The third kappa shape index (κ3) is 2.49. The zero-order valence-electron chi connectivity index (χ0n) is 13.7. The van der Waals surface area contributed by atoms with Gasteiger partial charge >= 0.3 is 0 Å². The maximum atomic E-state index is 11.9. The van der Waals surface area contributed by atoms with Crippen LogP contribution in [0.2, 0.25) is 0 Å². The molecule has 0 unspecified atom stereocenters. The van der Waals surface area contributed by atoms with Crippen molar-refractivity contribution in [3.05, 3.63) is 75.3 Å². The van der Waals surface area contributed by atoms with Crippen molar-refractivity contribution >= 4 is 28.3 Å². The summed E-state index contributed by atoms with van der Waals surface area (Å²) < 4.78 is 1.83. The lowest BCUT2D eigenvalue weighted by atomic mass is 10.1. The average molecular weight is 363 g/mol. The highest BCUT2D eigenvalue weighted by atomic mass is 32.1. The van der Waals surface area contributed by atoms with Gasteiger partial charge in [-0.2, -0.15) is 0 Å². The second-order valence-corrected chi connectivity index (χ2v) is 6.94. The molecule has 0 spiro atoms. The van der Waals surface area contributed by atoms with Crippen LogP contribution in [0.3, 0.4) is 0 Å². The van der Waals surface area contributed by atoms with E-state index in [1.165, 1.54) is 23.5 Å². The minimum Gasteiger partial charge on any atom is -0.296 e. The summed E-state index contributed by atoms with van der Waals surface area (Å²) in [4.78, 5) is 28.8. The predicted molar refractivity (Wildman–Crippen MR) is 101 cm³/mol. The summed E-state index contributed by atoms with van der Waals surface area (Å²) in [6, 6.07) is 16.0. The Labute approximate surface area is 152 Å². The van der Waals surface area contributed by atoms with E-state index in [2.05, 4.69) is 4.98 Å². The van der Waals surface area contributed by atoms with Gasteiger partial charge in [-0.05, 0) is 12.5 Å². The number of nitro benzene ring substituents is 1. The number of hydrogen-bond acceptors (Lipinski definition) is 5. The average Bonchev–Trinajstić information content (AvgIpc) is 3.16. The van der Waals surface area contributed by atoms with E-state index in [9.17, 15) is 14.9 Å². The standard InChI is InChI=1S/C19H13N3O3S/c1-12-18(13-6-3-2-4-7-13)21-16(11-23)17(20-19(21)26-12)14-8-5-9-15(10-14)22(24)25/h2-11H,1H3. The number of aldehydes is 1. The lowest BCUT2D eigenvalue weighted by molar-refractivity contribution is -0.384. The summed E-state index contributed by atoms with van der Waals surface area (Å²) in [5.41, 5.74) is 3.26. The molecule has 0 saturated heterocycles. The predicted octanol–water partition coefficient (Wildman–Crippen LogP) is 4.76. The van der Waals surface area contributed by atoms with E-state index in [-0.39, 0.29) is 5.69 Å². The number of imidazole rings is 1. The molecule has 2 heterocycles. The van der Waals surface area contributed by atoms with Gasteiger partial charge in [0.05, 0.1) is 10.6 Å². The van der Waals surface area contributed by atoms with Crippen molar-refractivity contribution in [1.29, 1.82) is 0 Å². The van der Waals surface area contributed by atoms with Crippen LogP contribution in [-0.2, 0) is 0 Å². The van der Waals surface area contributed by atoms with Crippen LogP contribution < -0.4 is 0 Å². The number of aryl methyl sites for hydroxylation is 1. The van der Waals surface area contributed by atoms with Crippen LogP contribution in [0.1, 0.15) is 15.4 Å². The number of hydrogen-bond donors (Lipinski definition) is 0. The fourth-order valence-corrected chi connectivity index (χ4v) is 4.05. The first-order valence-electron chi connectivity index (χ1n) is 7.87. The molecule has 0 aliphatic rings. The molecule has 2 aromatic carbocycles. The smallest absolute Gasteiger partial charge is 0.270 e. The third-order valence-electron chi connectivity index (χ3n) is 4.17. The summed E-state index contributed by atoms with van der Waals surface area (Å²) >= 11 is 1.49. The summed E-state index contributed by atoms with van der Waals surface area (Å²) in [5.74, 6) is 0. The molecule has 0 N–H and O–H groups in total. The van der Waals surface area contributed by atoms with Crippen LogP contribution in [0.5, 0.6) is 0 Å². The molecule has 7 heteroatoms. The molecule has 0 atom stereocenters. The van der Waals surface area contributed by atoms with Crippen LogP contribution in [0.25, 0.3) is 27.5 Å². The highest BCUT2D eigenvalue weighted by Gasteiger charge is 2.21. The Balaban J connectivity index is 1.99. The second-order valence-electron chi connectivity index (χ2n) is 5.76. The lowest BCUT2D eigenvalue weighted by Gasteiger charge is -2.04. The van der Waals surface area contributed by atoms with E-state index in [1.54, 1.807) is 12.1 Å². The minimum atomic E-state index is -0.456. The molecule has 0 aliphatic heterocycles. The monoisotopic (exact) mass is 363 g/mol. The second kappa shape index (κ2) is 6.20. The summed E-state index contributed by atoms with van der Waals surface area (Å²) in [6.07, 6.45) is 0.757. The number of carbonyl (C=O) groups excluding carboxylic acids is 1. The summed E-state index contributed by atoms with van der Waals surface area (Å²) in [5, 5.41) is 11.1. The number of carbonyl (C=O) groups is 1. The molecule has 0 fully saturated rings. The number of aromatic nitrogens is 2. The van der Waals surface area contributed by atoms with Crippen LogP contribution in [0, 0.1) is 17.0 Å². The molecule has 2 aromatic heterocycles. The topological polar surface area (TPSA) is 77.5 Å². The van der Waals surface area contributed by atoms with Gasteiger partial charge in [0.15, 0.2) is 11.2 Å². The number of nitrogens with zero attached hydrogens (tertiary/aromatic N) is 3. The minimum absolute atomic E-state index is 0.0323. The molecule has 0 aliphatic carbocycles. The van der Waals surface area contributed by atoms with Crippen molar-refractivity contribution in [2.24, 2.45) is 0 Å². The van der Waals surface area contributed by atoms with E-state index in [1.807, 2.05) is 41.7 Å². The molecule has 0 bridgehead atoms. The normalized spacial score (nSPS) is 11.0. The van der Waals surface area contributed by atoms with Gasteiger partial charge in [-0.15, -0.1) is 11.3 Å². The Morgan fingerprint density at radius 3 is 2.54 bits per heavy atom. The third-order valence-corrected chi connectivity index (χ3v) is 5.13. The molecule has 0 amide bonds. The maximum Gasteiger partial charge on any atom is 0.270 e. The molecule has 6 nitrogen and oxygen atoms in total. The number of benzene rings is 2. The first-order valence-corrected chi connectivity index (χ1v) is 8.69. The van der Waals surface area contributed by atoms with E-state index in [0.717, 1.165) is 22.4 Å². The van der Waals surface area contributed by atoms with Crippen LogP contribution >= 0.6 is 11.3 Å². The van der Waals surface area contributed by atoms with Crippen LogP contribution in [-0.4, -0.2) is 20.6 Å². The molecule has 0 saturated carbocycles. The number of rotatable bonds is 4. The zero-order valence-corrected chi connectivity index (χ0v) is 14.6. The largest absolute Gasteiger partial charge is 0.296 e. The molecule has 0 radical (unpaired) electrons. The maximum absolute atomic E-state index is 11.9. The highest BCUT2D eigenvalue weighted by molar-refractivity contribution is 7.17. The zero-order chi connectivity index (χ0) is 18.3. The van der Waals surface area contributed by atoms with Crippen molar-refractivity contribution in [3.63, 3.8) is 0 Å².